The van der Waals surface area contributed by atoms with Crippen LogP contribution in [0.3, 0.4) is 0 Å². The first kappa shape index (κ1) is 17.3. The number of aromatic nitrogens is 2. The van der Waals surface area contributed by atoms with E-state index >= 15 is 0 Å². The van der Waals surface area contributed by atoms with Gasteiger partial charge >= 0.3 is 0 Å². The molecule has 0 unspecified atom stereocenters. The largest absolute Gasteiger partial charge is 0.496 e. The molecule has 0 bridgehead atoms. The first-order chi connectivity index (χ1) is 11.9. The molecule has 5 nitrogen and oxygen atoms in total. The zero-order valence-corrected chi connectivity index (χ0v) is 14.8. The van der Waals surface area contributed by atoms with Crippen molar-refractivity contribution < 1.29 is 18.3 Å². The topological polar surface area (TPSA) is 56.1 Å². The van der Waals surface area contributed by atoms with Gasteiger partial charge in [-0.15, -0.1) is 0 Å². The van der Waals surface area contributed by atoms with Crippen molar-refractivity contribution >= 4 is 28.3 Å². The maximum Gasteiger partial charge on any atom is 0.266 e. The van der Waals surface area contributed by atoms with Gasteiger partial charge in [0.25, 0.3) is 12.3 Å². The van der Waals surface area contributed by atoms with Crippen LogP contribution >= 0.6 is 11.3 Å². The minimum absolute atomic E-state index is 0.150. The SMILES string of the molecule is COc1cc(C(F)F)c2nc(C)n(C)c2c1CNC(=O)c1ccsc1. The van der Waals surface area contributed by atoms with Crippen LogP contribution in [-0.4, -0.2) is 22.6 Å². The molecular formula is C17H17F2N3O2S. The average molecular weight is 365 g/mol. The molecule has 0 aliphatic carbocycles. The summed E-state index contributed by atoms with van der Waals surface area (Å²) in [5.41, 5.74) is 1.77. The number of alkyl halides is 2. The van der Waals surface area contributed by atoms with Gasteiger partial charge in [-0.05, 0) is 24.4 Å². The molecule has 0 spiro atoms. The Bertz CT molecular complexity index is 920. The summed E-state index contributed by atoms with van der Waals surface area (Å²) in [5, 5.41) is 6.37. The molecule has 3 aromatic rings. The minimum atomic E-state index is -2.67. The highest BCUT2D eigenvalue weighted by Crippen LogP contribution is 2.36. The van der Waals surface area contributed by atoms with Gasteiger partial charge in [0.1, 0.15) is 11.6 Å². The molecule has 0 aliphatic rings. The Morgan fingerprint density at radius 3 is 2.84 bits per heavy atom. The summed E-state index contributed by atoms with van der Waals surface area (Å²) >= 11 is 1.43. The molecule has 0 atom stereocenters. The van der Waals surface area contributed by atoms with Crippen molar-refractivity contribution in [2.45, 2.75) is 19.9 Å². The minimum Gasteiger partial charge on any atom is -0.496 e. The summed E-state index contributed by atoms with van der Waals surface area (Å²) < 4.78 is 33.9. The van der Waals surface area contributed by atoms with Gasteiger partial charge in [0.15, 0.2) is 0 Å². The number of thiophene rings is 1. The fourth-order valence-corrected chi connectivity index (χ4v) is 3.39. The van der Waals surface area contributed by atoms with Crippen molar-refractivity contribution in [2.24, 2.45) is 7.05 Å². The molecule has 1 amide bonds. The van der Waals surface area contributed by atoms with Crippen LogP contribution in [0.5, 0.6) is 5.75 Å². The molecule has 8 heteroatoms. The number of methoxy groups -OCH3 is 1. The summed E-state index contributed by atoms with van der Waals surface area (Å²) in [6.45, 7) is 1.90. The number of benzene rings is 1. The number of amides is 1. The van der Waals surface area contributed by atoms with Gasteiger partial charge in [0, 0.05) is 35.7 Å². The highest BCUT2D eigenvalue weighted by Gasteiger charge is 2.23. The van der Waals surface area contributed by atoms with Gasteiger partial charge in [0.2, 0.25) is 0 Å². The van der Waals surface area contributed by atoms with Gasteiger partial charge < -0.3 is 14.6 Å². The van der Waals surface area contributed by atoms with Gasteiger partial charge in [0.05, 0.1) is 18.1 Å². The van der Waals surface area contributed by atoms with E-state index in [2.05, 4.69) is 10.3 Å². The Morgan fingerprint density at radius 1 is 1.48 bits per heavy atom. The second kappa shape index (κ2) is 6.79. The molecule has 0 saturated carbocycles. The van der Waals surface area contributed by atoms with E-state index in [1.54, 1.807) is 30.0 Å². The van der Waals surface area contributed by atoms with E-state index in [0.717, 1.165) is 0 Å². The number of hydrogen-bond donors (Lipinski definition) is 1. The smallest absolute Gasteiger partial charge is 0.266 e. The van der Waals surface area contributed by atoms with Crippen molar-refractivity contribution in [2.75, 3.05) is 7.11 Å². The fourth-order valence-electron chi connectivity index (χ4n) is 2.75. The number of nitrogens with one attached hydrogen (secondary N) is 1. The van der Waals surface area contributed by atoms with Crippen LogP contribution in [0.4, 0.5) is 8.78 Å². The molecule has 2 heterocycles. The summed E-state index contributed by atoms with van der Waals surface area (Å²) in [6.07, 6.45) is -2.67. The van der Waals surface area contributed by atoms with Crippen LogP contribution in [0.2, 0.25) is 0 Å². The third-order valence-corrected chi connectivity index (χ3v) is 4.81. The monoisotopic (exact) mass is 365 g/mol. The number of nitrogens with zero attached hydrogens (tertiary/aromatic N) is 2. The molecule has 0 aliphatic heterocycles. The van der Waals surface area contributed by atoms with Gasteiger partial charge in [-0.25, -0.2) is 13.8 Å². The van der Waals surface area contributed by atoms with E-state index in [1.165, 1.54) is 24.5 Å². The number of hydrogen-bond acceptors (Lipinski definition) is 4. The lowest BCUT2D eigenvalue weighted by atomic mass is 10.1. The van der Waals surface area contributed by atoms with Crippen molar-refractivity contribution in [3.8, 4) is 5.75 Å². The first-order valence-electron chi connectivity index (χ1n) is 7.55. The third-order valence-electron chi connectivity index (χ3n) is 4.13. The highest BCUT2D eigenvalue weighted by atomic mass is 32.1. The van der Waals surface area contributed by atoms with Crippen LogP contribution in [0, 0.1) is 6.92 Å². The lowest BCUT2D eigenvalue weighted by Crippen LogP contribution is -2.23. The molecule has 1 N–H and O–H groups in total. The number of imidazole rings is 1. The zero-order valence-electron chi connectivity index (χ0n) is 14.0. The molecule has 0 radical (unpaired) electrons. The normalized spacial score (nSPS) is 11.3. The van der Waals surface area contributed by atoms with E-state index in [0.29, 0.717) is 28.2 Å². The van der Waals surface area contributed by atoms with Crippen LogP contribution in [-0.2, 0) is 13.6 Å². The van der Waals surface area contributed by atoms with Crippen molar-refractivity contribution in [3.05, 3.63) is 45.4 Å². The zero-order chi connectivity index (χ0) is 18.1. The van der Waals surface area contributed by atoms with Crippen molar-refractivity contribution in [1.29, 1.82) is 0 Å². The maximum absolute atomic E-state index is 13.4. The number of rotatable bonds is 5. The van der Waals surface area contributed by atoms with Crippen LogP contribution in [0.15, 0.2) is 22.9 Å². The molecule has 2 aromatic heterocycles. The maximum atomic E-state index is 13.4. The lowest BCUT2D eigenvalue weighted by Gasteiger charge is -2.14. The third kappa shape index (κ3) is 3.09. The quantitative estimate of drug-likeness (QED) is 0.748. The Hall–Kier alpha value is -2.48. The number of carbonyl (C=O) groups is 1. The standard InChI is InChI=1S/C17H17F2N3O2S/c1-9-21-14-11(16(18)19)6-13(24-3)12(15(14)22(9)2)7-20-17(23)10-4-5-25-8-10/h4-6,8,16H,7H2,1-3H3,(H,20,23). The number of ether oxygens (including phenoxy) is 1. The Kier molecular flexibility index (Phi) is 4.71. The van der Waals surface area contributed by atoms with Crippen LogP contribution in [0.1, 0.15) is 33.7 Å². The Morgan fingerprint density at radius 2 is 2.24 bits per heavy atom. The van der Waals surface area contributed by atoms with Gasteiger partial charge in [-0.3, -0.25) is 4.79 Å². The summed E-state index contributed by atoms with van der Waals surface area (Å²) in [7, 11) is 3.17. The van der Waals surface area contributed by atoms with Gasteiger partial charge in [-0.2, -0.15) is 11.3 Å². The Labute approximate surface area is 147 Å². The Balaban J connectivity index is 2.07. The number of halogens is 2. The first-order valence-corrected chi connectivity index (χ1v) is 8.49. The second-order valence-corrected chi connectivity index (χ2v) is 6.34. The van der Waals surface area contributed by atoms with E-state index in [4.69, 9.17) is 4.74 Å². The fraction of sp³-hybridized carbons (Fsp3) is 0.294. The predicted octanol–water partition coefficient (Wildman–Crippen LogP) is 3.82. The molecule has 0 saturated heterocycles. The van der Waals surface area contributed by atoms with E-state index in [1.807, 2.05) is 5.38 Å². The predicted molar refractivity (Wildman–Crippen MR) is 92.4 cm³/mol. The number of aryl methyl sites for hydroxylation is 2. The number of carbonyl (C=O) groups excluding carboxylic acids is 1. The summed E-state index contributed by atoms with van der Waals surface area (Å²) in [4.78, 5) is 16.5. The average Bonchev–Trinajstić information content (AvgIpc) is 3.21. The lowest BCUT2D eigenvalue weighted by molar-refractivity contribution is 0.0951. The van der Waals surface area contributed by atoms with E-state index < -0.39 is 6.43 Å². The van der Waals surface area contributed by atoms with Crippen LogP contribution in [0.25, 0.3) is 11.0 Å². The van der Waals surface area contributed by atoms with Crippen molar-refractivity contribution in [1.82, 2.24) is 14.9 Å². The highest BCUT2D eigenvalue weighted by molar-refractivity contribution is 7.08. The summed E-state index contributed by atoms with van der Waals surface area (Å²) in [6, 6.07) is 3.02. The molecule has 132 valence electrons. The number of fused-ring (bicyclic) bond motifs is 1. The molecule has 25 heavy (non-hydrogen) atoms. The summed E-state index contributed by atoms with van der Waals surface area (Å²) in [5.74, 6) is 0.681. The molecule has 3 rings (SSSR count). The van der Waals surface area contributed by atoms with E-state index in [9.17, 15) is 13.6 Å². The van der Waals surface area contributed by atoms with Crippen LogP contribution < -0.4 is 10.1 Å². The molecule has 1 aromatic carbocycles. The van der Waals surface area contributed by atoms with E-state index in [-0.39, 0.29) is 23.5 Å². The molecular weight excluding hydrogens is 348 g/mol. The molecule has 0 fully saturated rings. The van der Waals surface area contributed by atoms with Crippen molar-refractivity contribution in [3.63, 3.8) is 0 Å². The van der Waals surface area contributed by atoms with Gasteiger partial charge in [-0.1, -0.05) is 0 Å². The second-order valence-electron chi connectivity index (χ2n) is 5.56.